The van der Waals surface area contributed by atoms with E-state index in [9.17, 15) is 5.11 Å². The Labute approximate surface area is 144 Å². The van der Waals surface area contributed by atoms with Gasteiger partial charge in [-0.1, -0.05) is 37.0 Å². The maximum Gasteiger partial charge on any atom is 0.164 e. The zero-order chi connectivity index (χ0) is 17.1. The van der Waals surface area contributed by atoms with Crippen LogP contribution in [-0.4, -0.2) is 21.6 Å². The molecule has 0 spiro atoms. The van der Waals surface area contributed by atoms with Gasteiger partial charge < -0.3 is 20.1 Å². The van der Waals surface area contributed by atoms with E-state index in [4.69, 9.17) is 38.2 Å². The Kier molecular flexibility index (Phi) is 5.76. The van der Waals surface area contributed by atoms with Crippen molar-refractivity contribution in [3.8, 4) is 17.2 Å². The maximum absolute atomic E-state index is 9.85. The van der Waals surface area contributed by atoms with E-state index in [1.54, 1.807) is 30.3 Å². The molecule has 3 N–H and O–H groups in total. The van der Waals surface area contributed by atoms with Crippen LogP contribution in [0.2, 0.25) is 10.0 Å². The summed E-state index contributed by atoms with van der Waals surface area (Å²) in [5.41, 5.74) is 1.35. The van der Waals surface area contributed by atoms with Gasteiger partial charge in [0.05, 0.1) is 10.0 Å². The van der Waals surface area contributed by atoms with Gasteiger partial charge in [-0.05, 0) is 41.8 Å². The molecule has 0 unspecified atom stereocenters. The number of halogens is 2. The molecular weight excluding hydrogens is 339 g/mol. The second-order valence-electron chi connectivity index (χ2n) is 5.55. The van der Waals surface area contributed by atoms with Crippen molar-refractivity contribution in [2.45, 2.75) is 32.5 Å². The minimum Gasteiger partial charge on any atom is -0.508 e. The molecule has 0 heterocycles. The molecule has 0 saturated heterocycles. The predicted octanol–water partition coefficient (Wildman–Crippen LogP) is 4.47. The van der Waals surface area contributed by atoms with Gasteiger partial charge >= 0.3 is 0 Å². The van der Waals surface area contributed by atoms with Gasteiger partial charge in [0.2, 0.25) is 0 Å². The summed E-state index contributed by atoms with van der Waals surface area (Å²) in [7, 11) is 0. The fourth-order valence-electron chi connectivity index (χ4n) is 2.21. The van der Waals surface area contributed by atoms with Crippen LogP contribution in [0.4, 0.5) is 0 Å². The Bertz CT molecular complexity index is 676. The monoisotopic (exact) mass is 356 g/mol. The van der Waals surface area contributed by atoms with E-state index in [1.165, 1.54) is 0 Å². The third kappa shape index (κ3) is 4.52. The van der Waals surface area contributed by atoms with Gasteiger partial charge in [0, 0.05) is 12.0 Å². The highest BCUT2D eigenvalue weighted by atomic mass is 35.5. The second-order valence-corrected chi connectivity index (χ2v) is 6.37. The number of benzene rings is 2. The van der Waals surface area contributed by atoms with E-state index >= 15 is 0 Å². The zero-order valence-electron chi connectivity index (χ0n) is 12.8. The first-order valence-corrected chi connectivity index (χ1v) is 7.88. The van der Waals surface area contributed by atoms with Crippen LogP contribution in [0.25, 0.3) is 0 Å². The third-order valence-corrected chi connectivity index (χ3v) is 3.88. The Balaban J connectivity index is 2.32. The molecule has 124 valence electrons. The van der Waals surface area contributed by atoms with Gasteiger partial charge in [0.1, 0.15) is 11.5 Å². The zero-order valence-corrected chi connectivity index (χ0v) is 14.3. The number of aromatic hydroxyl groups is 1. The van der Waals surface area contributed by atoms with Crippen molar-refractivity contribution in [2.24, 2.45) is 0 Å². The molecule has 0 radical (unpaired) electrons. The van der Waals surface area contributed by atoms with Gasteiger partial charge in [-0.3, -0.25) is 0 Å². The van der Waals surface area contributed by atoms with Crippen LogP contribution in [-0.2, 0) is 6.42 Å². The number of ether oxygens (including phenoxy) is 1. The molecular formula is C17H18Cl2O4. The molecule has 2 aromatic rings. The van der Waals surface area contributed by atoms with Gasteiger partial charge in [0.25, 0.3) is 0 Å². The topological polar surface area (TPSA) is 69.9 Å². The normalized spacial score (nSPS) is 11.3. The highest BCUT2D eigenvalue weighted by molar-refractivity contribution is 6.37. The number of aliphatic hydroxyl groups is 2. The molecule has 0 amide bonds. The molecule has 0 aliphatic rings. The van der Waals surface area contributed by atoms with E-state index < -0.39 is 6.29 Å². The highest BCUT2D eigenvalue weighted by Gasteiger charge is 2.14. The van der Waals surface area contributed by atoms with Crippen LogP contribution in [0, 0.1) is 0 Å². The van der Waals surface area contributed by atoms with Crippen molar-refractivity contribution >= 4 is 23.2 Å². The smallest absolute Gasteiger partial charge is 0.164 e. The van der Waals surface area contributed by atoms with Crippen molar-refractivity contribution in [1.82, 2.24) is 0 Å². The summed E-state index contributed by atoms with van der Waals surface area (Å²) < 4.78 is 5.75. The average molecular weight is 357 g/mol. The summed E-state index contributed by atoms with van der Waals surface area (Å²) in [6.45, 7) is 3.93. The molecule has 23 heavy (non-hydrogen) atoms. The lowest BCUT2D eigenvalue weighted by atomic mass is 10.0. The fraction of sp³-hybridized carbons (Fsp3) is 0.294. The van der Waals surface area contributed by atoms with Crippen molar-refractivity contribution in [2.75, 3.05) is 0 Å². The van der Waals surface area contributed by atoms with Crippen molar-refractivity contribution in [3.63, 3.8) is 0 Å². The molecule has 2 rings (SSSR count). The first-order chi connectivity index (χ1) is 10.8. The van der Waals surface area contributed by atoms with Gasteiger partial charge in [0.15, 0.2) is 12.0 Å². The fourth-order valence-corrected chi connectivity index (χ4v) is 2.82. The Morgan fingerprint density at radius 1 is 1.04 bits per heavy atom. The maximum atomic E-state index is 9.85. The number of aliphatic hydroxyl groups excluding tert-OH is 1. The molecule has 0 fully saturated rings. The molecule has 2 aromatic carbocycles. The minimum atomic E-state index is -1.47. The lowest BCUT2D eigenvalue weighted by molar-refractivity contribution is -0.0381. The largest absolute Gasteiger partial charge is 0.508 e. The summed E-state index contributed by atoms with van der Waals surface area (Å²) in [5, 5.41) is 28.4. The highest BCUT2D eigenvalue weighted by Crippen LogP contribution is 2.39. The second kappa shape index (κ2) is 7.41. The van der Waals surface area contributed by atoms with Crippen LogP contribution in [0.3, 0.4) is 0 Å². The summed E-state index contributed by atoms with van der Waals surface area (Å²) >= 11 is 12.4. The molecule has 0 bridgehead atoms. The van der Waals surface area contributed by atoms with Gasteiger partial charge in [-0.15, -0.1) is 0 Å². The Morgan fingerprint density at radius 2 is 1.65 bits per heavy atom. The molecule has 4 nitrogen and oxygen atoms in total. The summed E-state index contributed by atoms with van der Waals surface area (Å²) in [5.74, 6) is 1.13. The number of hydrogen-bond donors (Lipinski definition) is 3. The first kappa shape index (κ1) is 17.9. The minimum absolute atomic E-state index is 0.0242. The van der Waals surface area contributed by atoms with E-state index in [0.717, 1.165) is 5.56 Å². The van der Waals surface area contributed by atoms with Crippen LogP contribution in [0.1, 0.15) is 30.9 Å². The van der Waals surface area contributed by atoms with Crippen molar-refractivity contribution in [3.05, 3.63) is 51.5 Å². The molecule has 0 atom stereocenters. The predicted molar refractivity (Wildman–Crippen MR) is 90.7 cm³/mol. The third-order valence-electron chi connectivity index (χ3n) is 3.32. The van der Waals surface area contributed by atoms with E-state index in [0.29, 0.717) is 11.3 Å². The Hall–Kier alpha value is -1.46. The quantitative estimate of drug-likeness (QED) is 0.691. The van der Waals surface area contributed by atoms with Crippen molar-refractivity contribution in [1.29, 1.82) is 0 Å². The molecule has 0 saturated carbocycles. The number of phenols is 1. The number of rotatable bonds is 5. The van der Waals surface area contributed by atoms with Crippen LogP contribution in [0.5, 0.6) is 17.2 Å². The molecule has 0 aliphatic heterocycles. The Morgan fingerprint density at radius 3 is 2.17 bits per heavy atom. The molecule has 0 aromatic heterocycles. The van der Waals surface area contributed by atoms with E-state index in [2.05, 4.69) is 0 Å². The number of phenolic OH excluding ortho intramolecular Hbond substituents is 1. The van der Waals surface area contributed by atoms with Crippen molar-refractivity contribution < 1.29 is 20.1 Å². The van der Waals surface area contributed by atoms with Crippen LogP contribution in [0.15, 0.2) is 30.3 Å². The lowest BCUT2D eigenvalue weighted by Crippen LogP contribution is -2.08. The van der Waals surface area contributed by atoms with Crippen LogP contribution < -0.4 is 4.74 Å². The van der Waals surface area contributed by atoms with E-state index in [1.807, 2.05) is 13.8 Å². The lowest BCUT2D eigenvalue weighted by Gasteiger charge is -2.14. The standard InChI is InChI=1S/C17H18Cl2O4/c1-9(2)12-8-11(3-4-15(12)20)23-17-13(18)5-10(6-14(17)19)7-16(21)22/h3-6,8-9,16,20-22H,7H2,1-2H3. The molecule has 0 aliphatic carbocycles. The summed E-state index contributed by atoms with van der Waals surface area (Å²) in [4.78, 5) is 0. The SMILES string of the molecule is CC(C)c1cc(Oc2c(Cl)cc(CC(O)O)cc2Cl)ccc1O. The summed E-state index contributed by atoms with van der Waals surface area (Å²) in [6, 6.07) is 8.07. The number of hydrogen-bond acceptors (Lipinski definition) is 4. The van der Waals surface area contributed by atoms with Gasteiger partial charge in [-0.25, -0.2) is 0 Å². The average Bonchev–Trinajstić information content (AvgIpc) is 2.43. The molecule has 6 heteroatoms. The van der Waals surface area contributed by atoms with Gasteiger partial charge in [-0.2, -0.15) is 0 Å². The van der Waals surface area contributed by atoms with E-state index in [-0.39, 0.29) is 33.9 Å². The van der Waals surface area contributed by atoms with Crippen LogP contribution >= 0.6 is 23.2 Å². The first-order valence-electron chi connectivity index (χ1n) is 7.12. The summed E-state index contributed by atoms with van der Waals surface area (Å²) in [6.07, 6.45) is -1.45.